The van der Waals surface area contributed by atoms with Gasteiger partial charge in [-0.2, -0.15) is 5.10 Å². The lowest BCUT2D eigenvalue weighted by atomic mass is 9.79. The largest absolute Gasteiger partial charge is 0.508 e. The molecule has 4 heteroatoms. The van der Waals surface area contributed by atoms with Crippen molar-refractivity contribution in [3.05, 3.63) is 59.2 Å². The Morgan fingerprint density at radius 2 is 1.96 bits per heavy atom. The van der Waals surface area contributed by atoms with Crippen molar-refractivity contribution in [3.63, 3.8) is 0 Å². The normalized spacial score (nSPS) is 19.9. The highest BCUT2D eigenvalue weighted by atomic mass is 16.3. The second-order valence-electron chi connectivity index (χ2n) is 6.31. The Morgan fingerprint density at radius 3 is 2.74 bits per heavy atom. The quantitative estimate of drug-likeness (QED) is 0.878. The van der Waals surface area contributed by atoms with E-state index in [0.29, 0.717) is 6.42 Å². The number of carbonyl (C=O) groups is 1. The summed E-state index contributed by atoms with van der Waals surface area (Å²) < 4.78 is 0. The number of anilines is 1. The van der Waals surface area contributed by atoms with Crippen LogP contribution in [0.4, 0.5) is 5.69 Å². The van der Waals surface area contributed by atoms with Gasteiger partial charge in [0.25, 0.3) is 0 Å². The number of aryl methyl sites for hydroxylation is 2. The SMILES string of the molecule is Cc1ccc(N2N=C3c4cc(O)ccc4CCC3CC2=O)cc1. The van der Waals surface area contributed by atoms with Crippen molar-refractivity contribution in [1.29, 1.82) is 0 Å². The lowest BCUT2D eigenvalue weighted by Crippen LogP contribution is -2.39. The Morgan fingerprint density at radius 1 is 1.17 bits per heavy atom. The molecule has 1 aliphatic carbocycles. The van der Waals surface area contributed by atoms with E-state index in [1.807, 2.05) is 37.3 Å². The maximum Gasteiger partial charge on any atom is 0.248 e. The highest BCUT2D eigenvalue weighted by molar-refractivity contribution is 6.11. The first-order valence-corrected chi connectivity index (χ1v) is 7.92. The van der Waals surface area contributed by atoms with Crippen LogP contribution < -0.4 is 5.01 Å². The summed E-state index contributed by atoms with van der Waals surface area (Å²) >= 11 is 0. The van der Waals surface area contributed by atoms with Gasteiger partial charge in [-0.1, -0.05) is 23.8 Å². The third kappa shape index (κ3) is 2.40. The predicted molar refractivity (Wildman–Crippen MR) is 89.7 cm³/mol. The highest BCUT2D eigenvalue weighted by Gasteiger charge is 2.34. The molecule has 2 aromatic carbocycles. The number of fused-ring (bicyclic) bond motifs is 3. The average Bonchev–Trinajstić information content (AvgIpc) is 2.55. The molecule has 2 aliphatic rings. The van der Waals surface area contributed by atoms with Gasteiger partial charge in [0.1, 0.15) is 5.75 Å². The first-order valence-electron chi connectivity index (χ1n) is 7.92. The third-order valence-electron chi connectivity index (χ3n) is 4.66. The van der Waals surface area contributed by atoms with Crippen LogP contribution >= 0.6 is 0 Å². The topological polar surface area (TPSA) is 52.9 Å². The van der Waals surface area contributed by atoms with Gasteiger partial charge in [0.15, 0.2) is 0 Å². The second kappa shape index (κ2) is 5.23. The van der Waals surface area contributed by atoms with Gasteiger partial charge in [0.05, 0.1) is 11.4 Å². The first kappa shape index (κ1) is 14.0. The molecule has 0 saturated carbocycles. The fraction of sp³-hybridized carbons (Fsp3) is 0.263. The van der Waals surface area contributed by atoms with Crippen LogP contribution in [0.3, 0.4) is 0 Å². The summed E-state index contributed by atoms with van der Waals surface area (Å²) in [4.78, 5) is 12.5. The number of benzene rings is 2. The molecule has 1 atom stereocenters. The van der Waals surface area contributed by atoms with Gasteiger partial charge in [0.2, 0.25) is 5.91 Å². The van der Waals surface area contributed by atoms with E-state index in [4.69, 9.17) is 0 Å². The van der Waals surface area contributed by atoms with Crippen molar-refractivity contribution < 1.29 is 9.90 Å². The van der Waals surface area contributed by atoms with Crippen LogP contribution in [0.15, 0.2) is 47.6 Å². The summed E-state index contributed by atoms with van der Waals surface area (Å²) in [5.41, 5.74) is 5.03. The van der Waals surface area contributed by atoms with Gasteiger partial charge in [0, 0.05) is 17.9 Å². The molecule has 1 aliphatic heterocycles. The molecule has 0 spiro atoms. The van der Waals surface area contributed by atoms with Crippen LogP contribution in [0.1, 0.15) is 29.5 Å². The number of phenols is 1. The Balaban J connectivity index is 1.81. The van der Waals surface area contributed by atoms with Crippen LogP contribution in [-0.2, 0) is 11.2 Å². The first-order chi connectivity index (χ1) is 11.1. The number of amides is 1. The molecule has 1 unspecified atom stereocenters. The molecule has 0 fully saturated rings. The summed E-state index contributed by atoms with van der Waals surface area (Å²) in [6, 6.07) is 13.2. The number of carbonyl (C=O) groups excluding carboxylic acids is 1. The molecule has 0 bridgehead atoms. The van der Waals surface area contributed by atoms with E-state index in [0.717, 1.165) is 35.4 Å². The fourth-order valence-corrected chi connectivity index (χ4v) is 3.39. The molecule has 1 N–H and O–H groups in total. The summed E-state index contributed by atoms with van der Waals surface area (Å²) in [5, 5.41) is 16.0. The minimum Gasteiger partial charge on any atom is -0.508 e. The zero-order valence-electron chi connectivity index (χ0n) is 13.0. The minimum absolute atomic E-state index is 0.0335. The van der Waals surface area contributed by atoms with Crippen LogP contribution in [-0.4, -0.2) is 16.7 Å². The lowest BCUT2D eigenvalue weighted by molar-refractivity contribution is -0.119. The van der Waals surface area contributed by atoms with Gasteiger partial charge in [-0.25, -0.2) is 5.01 Å². The predicted octanol–water partition coefficient (Wildman–Crippen LogP) is 3.40. The molecule has 2 aromatic rings. The maximum atomic E-state index is 12.5. The number of phenolic OH excluding ortho intramolecular Hbond substituents is 1. The standard InChI is InChI=1S/C19H18N2O2/c1-12-2-7-15(8-3-12)21-18(23)10-14-5-4-13-6-9-16(22)11-17(13)19(14)20-21/h2-3,6-9,11,14,22H,4-5,10H2,1H3. The average molecular weight is 306 g/mol. The summed E-state index contributed by atoms with van der Waals surface area (Å²) in [7, 11) is 0. The molecule has 0 saturated heterocycles. The lowest BCUT2D eigenvalue weighted by Gasteiger charge is -2.33. The van der Waals surface area contributed by atoms with Crippen molar-refractivity contribution in [2.24, 2.45) is 11.0 Å². The van der Waals surface area contributed by atoms with Crippen LogP contribution in [0.5, 0.6) is 5.75 Å². The summed E-state index contributed by atoms with van der Waals surface area (Å²) in [6.45, 7) is 2.02. The Labute approximate surface area is 135 Å². The third-order valence-corrected chi connectivity index (χ3v) is 4.66. The van der Waals surface area contributed by atoms with Crippen molar-refractivity contribution in [2.75, 3.05) is 5.01 Å². The van der Waals surface area contributed by atoms with Gasteiger partial charge in [-0.15, -0.1) is 0 Å². The molecule has 1 amide bonds. The van der Waals surface area contributed by atoms with Crippen LogP contribution in [0.25, 0.3) is 0 Å². The number of rotatable bonds is 1. The molecule has 0 aromatic heterocycles. The second-order valence-corrected chi connectivity index (χ2v) is 6.31. The molecular formula is C19H18N2O2. The number of hydrogen-bond acceptors (Lipinski definition) is 3. The fourth-order valence-electron chi connectivity index (χ4n) is 3.39. The number of hydrazone groups is 1. The molecule has 1 heterocycles. The van der Waals surface area contributed by atoms with Gasteiger partial charge < -0.3 is 5.11 Å². The van der Waals surface area contributed by atoms with Gasteiger partial charge >= 0.3 is 0 Å². The van der Waals surface area contributed by atoms with Gasteiger partial charge in [-0.05, 0) is 49.6 Å². The molecule has 4 nitrogen and oxygen atoms in total. The zero-order valence-corrected chi connectivity index (χ0v) is 13.0. The van der Waals surface area contributed by atoms with E-state index >= 15 is 0 Å². The Bertz CT molecular complexity index is 809. The molecule has 4 rings (SSSR count). The Hall–Kier alpha value is -2.62. The monoisotopic (exact) mass is 306 g/mol. The van der Waals surface area contributed by atoms with Gasteiger partial charge in [-0.3, -0.25) is 4.79 Å². The number of nitrogens with zero attached hydrogens (tertiary/aromatic N) is 2. The Kier molecular flexibility index (Phi) is 3.18. The van der Waals surface area contributed by atoms with Crippen LogP contribution in [0.2, 0.25) is 0 Å². The zero-order chi connectivity index (χ0) is 16.0. The number of hydrogen-bond donors (Lipinski definition) is 1. The van der Waals surface area contributed by atoms with Crippen molar-refractivity contribution in [2.45, 2.75) is 26.2 Å². The number of aromatic hydroxyl groups is 1. The van der Waals surface area contributed by atoms with Crippen LogP contribution in [0, 0.1) is 12.8 Å². The van der Waals surface area contributed by atoms with Crippen molar-refractivity contribution >= 4 is 17.3 Å². The maximum absolute atomic E-state index is 12.5. The van der Waals surface area contributed by atoms with E-state index in [-0.39, 0.29) is 17.6 Å². The molecule has 23 heavy (non-hydrogen) atoms. The summed E-state index contributed by atoms with van der Waals surface area (Å²) in [5.74, 6) is 0.426. The van der Waals surface area contributed by atoms with Crippen molar-refractivity contribution in [1.82, 2.24) is 0 Å². The molecule has 0 radical (unpaired) electrons. The van der Waals surface area contributed by atoms with Crippen molar-refractivity contribution in [3.8, 4) is 5.75 Å². The molecular weight excluding hydrogens is 288 g/mol. The molecule has 116 valence electrons. The van der Waals surface area contributed by atoms with E-state index in [2.05, 4.69) is 5.10 Å². The van der Waals surface area contributed by atoms with E-state index < -0.39 is 0 Å². The van der Waals surface area contributed by atoms with E-state index in [1.54, 1.807) is 12.1 Å². The highest BCUT2D eigenvalue weighted by Crippen LogP contribution is 2.34. The van der Waals surface area contributed by atoms with E-state index in [1.165, 1.54) is 10.6 Å². The van der Waals surface area contributed by atoms with E-state index in [9.17, 15) is 9.90 Å². The smallest absolute Gasteiger partial charge is 0.248 e. The minimum atomic E-state index is 0.0335. The summed E-state index contributed by atoms with van der Waals surface area (Å²) in [6.07, 6.45) is 2.34.